The summed E-state index contributed by atoms with van der Waals surface area (Å²) >= 11 is 6.00. The number of amides is 2. The number of carbonyl (C=O) groups is 2. The molecule has 0 aromatic heterocycles. The highest BCUT2D eigenvalue weighted by Crippen LogP contribution is 2.35. The molecular formula is C26H22ClFN2O2. The van der Waals surface area contributed by atoms with E-state index in [1.54, 1.807) is 30.3 Å². The SMILES string of the molecule is CC(C)(C)c1ccc(NC2=C(c3ccc(Cl)cc3)C(=O)N(c3ccccc3F)C2=O)cc1. The Morgan fingerprint density at radius 1 is 0.844 bits per heavy atom. The molecule has 0 unspecified atom stereocenters. The van der Waals surface area contributed by atoms with Gasteiger partial charge in [-0.1, -0.05) is 68.8 Å². The second kappa shape index (κ2) is 8.24. The van der Waals surface area contributed by atoms with Crippen molar-refractivity contribution < 1.29 is 14.0 Å². The number of hydrogen-bond acceptors (Lipinski definition) is 3. The normalized spacial score (nSPS) is 14.3. The first-order valence-electron chi connectivity index (χ1n) is 10.2. The number of anilines is 2. The third-order valence-electron chi connectivity index (χ3n) is 5.33. The first-order chi connectivity index (χ1) is 15.2. The molecule has 4 nitrogen and oxygen atoms in total. The molecule has 0 saturated heterocycles. The highest BCUT2D eigenvalue weighted by molar-refractivity contribution is 6.46. The molecule has 0 saturated carbocycles. The Bertz CT molecular complexity index is 1230. The largest absolute Gasteiger partial charge is 0.350 e. The Kier molecular flexibility index (Phi) is 5.61. The minimum absolute atomic E-state index is 0.0208. The van der Waals surface area contributed by atoms with Crippen molar-refractivity contribution >= 4 is 40.4 Å². The summed E-state index contributed by atoms with van der Waals surface area (Å²) in [4.78, 5) is 27.6. The van der Waals surface area contributed by atoms with Crippen LogP contribution in [0.3, 0.4) is 0 Å². The number of imide groups is 1. The van der Waals surface area contributed by atoms with Crippen LogP contribution in [-0.4, -0.2) is 11.8 Å². The monoisotopic (exact) mass is 448 g/mol. The van der Waals surface area contributed by atoms with E-state index >= 15 is 0 Å². The molecular weight excluding hydrogens is 427 g/mol. The first kappa shape index (κ1) is 21.8. The van der Waals surface area contributed by atoms with Gasteiger partial charge in [0.1, 0.15) is 11.5 Å². The number of nitrogens with one attached hydrogen (secondary N) is 1. The van der Waals surface area contributed by atoms with E-state index in [0.717, 1.165) is 10.5 Å². The Morgan fingerprint density at radius 3 is 2.06 bits per heavy atom. The van der Waals surface area contributed by atoms with E-state index in [9.17, 15) is 14.0 Å². The van der Waals surface area contributed by atoms with Gasteiger partial charge < -0.3 is 5.32 Å². The van der Waals surface area contributed by atoms with E-state index in [0.29, 0.717) is 16.3 Å². The number of carbonyl (C=O) groups excluding carboxylic acids is 2. The van der Waals surface area contributed by atoms with Crippen LogP contribution in [-0.2, 0) is 15.0 Å². The van der Waals surface area contributed by atoms with Gasteiger partial charge in [0.05, 0.1) is 11.3 Å². The number of para-hydroxylation sites is 1. The fraction of sp³-hybridized carbons (Fsp3) is 0.154. The predicted molar refractivity (Wildman–Crippen MR) is 126 cm³/mol. The second-order valence-electron chi connectivity index (χ2n) is 8.61. The molecule has 3 aromatic carbocycles. The zero-order valence-corrected chi connectivity index (χ0v) is 18.7. The molecule has 32 heavy (non-hydrogen) atoms. The van der Waals surface area contributed by atoms with Gasteiger partial charge in [0.15, 0.2) is 0 Å². The van der Waals surface area contributed by atoms with Crippen molar-refractivity contribution in [2.24, 2.45) is 0 Å². The minimum Gasteiger partial charge on any atom is -0.350 e. The number of benzene rings is 3. The minimum atomic E-state index is -0.652. The lowest BCUT2D eigenvalue weighted by Crippen LogP contribution is -2.33. The molecule has 0 radical (unpaired) electrons. The highest BCUT2D eigenvalue weighted by atomic mass is 35.5. The van der Waals surface area contributed by atoms with E-state index in [-0.39, 0.29) is 22.4 Å². The van der Waals surface area contributed by atoms with E-state index in [1.165, 1.54) is 18.2 Å². The molecule has 1 heterocycles. The maximum absolute atomic E-state index is 14.5. The van der Waals surface area contributed by atoms with Crippen LogP contribution >= 0.6 is 11.6 Å². The molecule has 3 aromatic rings. The summed E-state index contributed by atoms with van der Waals surface area (Å²) in [5.41, 5.74) is 2.44. The lowest BCUT2D eigenvalue weighted by Gasteiger charge is -2.19. The Morgan fingerprint density at radius 2 is 1.47 bits per heavy atom. The van der Waals surface area contributed by atoms with Crippen LogP contribution in [0.25, 0.3) is 5.57 Å². The number of halogens is 2. The van der Waals surface area contributed by atoms with Gasteiger partial charge in [0.25, 0.3) is 11.8 Å². The number of hydrogen-bond donors (Lipinski definition) is 1. The van der Waals surface area contributed by atoms with Crippen LogP contribution in [0.1, 0.15) is 31.9 Å². The van der Waals surface area contributed by atoms with Crippen molar-refractivity contribution in [1.82, 2.24) is 0 Å². The Balaban J connectivity index is 1.79. The smallest absolute Gasteiger partial charge is 0.282 e. The van der Waals surface area contributed by atoms with Gasteiger partial charge in [0, 0.05) is 10.7 Å². The summed E-state index contributed by atoms with van der Waals surface area (Å²) in [6, 6.07) is 20.0. The predicted octanol–water partition coefficient (Wildman–Crippen LogP) is 6.17. The maximum atomic E-state index is 14.5. The average Bonchev–Trinajstić information content (AvgIpc) is 2.99. The molecule has 162 valence electrons. The Hall–Kier alpha value is -3.44. The summed E-state index contributed by atoms with van der Waals surface area (Å²) < 4.78 is 14.5. The zero-order valence-electron chi connectivity index (χ0n) is 17.9. The summed E-state index contributed by atoms with van der Waals surface area (Å²) in [5, 5.41) is 3.60. The van der Waals surface area contributed by atoms with E-state index < -0.39 is 17.6 Å². The average molecular weight is 449 g/mol. The quantitative estimate of drug-likeness (QED) is 0.485. The van der Waals surface area contributed by atoms with Crippen molar-refractivity contribution in [3.8, 4) is 0 Å². The van der Waals surface area contributed by atoms with Crippen molar-refractivity contribution in [3.05, 3.63) is 100 Å². The molecule has 1 aliphatic heterocycles. The van der Waals surface area contributed by atoms with E-state index in [4.69, 9.17) is 11.6 Å². The molecule has 1 aliphatic rings. The molecule has 6 heteroatoms. The third kappa shape index (κ3) is 4.04. The number of rotatable bonds is 4. The summed E-state index contributed by atoms with van der Waals surface area (Å²) in [5.74, 6) is -1.87. The molecule has 1 N–H and O–H groups in total. The Labute approximate surface area is 191 Å². The van der Waals surface area contributed by atoms with Crippen LogP contribution in [0.2, 0.25) is 5.02 Å². The standard InChI is InChI=1S/C26H22ClFN2O2/c1-26(2,3)17-10-14-19(15-11-17)29-23-22(16-8-12-18(27)13-9-16)24(31)30(25(23)32)21-7-5-4-6-20(21)28/h4-15,29H,1-3H3. The zero-order chi connectivity index (χ0) is 23.0. The van der Waals surface area contributed by atoms with Crippen molar-refractivity contribution in [2.75, 3.05) is 10.2 Å². The fourth-order valence-corrected chi connectivity index (χ4v) is 3.71. The molecule has 0 bridgehead atoms. The number of nitrogens with zero attached hydrogens (tertiary/aromatic N) is 1. The summed E-state index contributed by atoms with van der Waals surface area (Å²) in [6.45, 7) is 6.34. The summed E-state index contributed by atoms with van der Waals surface area (Å²) in [6.07, 6.45) is 0. The van der Waals surface area contributed by atoms with Crippen LogP contribution in [0.5, 0.6) is 0 Å². The van der Waals surface area contributed by atoms with Crippen LogP contribution < -0.4 is 10.2 Å². The molecule has 4 rings (SSSR count). The van der Waals surface area contributed by atoms with E-state index in [2.05, 4.69) is 26.1 Å². The molecule has 0 aliphatic carbocycles. The second-order valence-corrected chi connectivity index (χ2v) is 9.04. The maximum Gasteiger partial charge on any atom is 0.282 e. The fourth-order valence-electron chi connectivity index (χ4n) is 3.58. The van der Waals surface area contributed by atoms with Crippen LogP contribution in [0, 0.1) is 5.82 Å². The molecule has 0 spiro atoms. The van der Waals surface area contributed by atoms with Gasteiger partial charge in [0.2, 0.25) is 0 Å². The van der Waals surface area contributed by atoms with Gasteiger partial charge >= 0.3 is 0 Å². The van der Waals surface area contributed by atoms with Gasteiger partial charge in [-0.2, -0.15) is 0 Å². The van der Waals surface area contributed by atoms with Crippen molar-refractivity contribution in [3.63, 3.8) is 0 Å². The van der Waals surface area contributed by atoms with Crippen LogP contribution in [0.15, 0.2) is 78.5 Å². The molecule has 0 fully saturated rings. The van der Waals surface area contributed by atoms with Gasteiger partial charge in [-0.05, 0) is 52.9 Å². The van der Waals surface area contributed by atoms with Gasteiger partial charge in [-0.15, -0.1) is 0 Å². The van der Waals surface area contributed by atoms with Crippen molar-refractivity contribution in [2.45, 2.75) is 26.2 Å². The topological polar surface area (TPSA) is 49.4 Å². The first-order valence-corrected chi connectivity index (χ1v) is 10.6. The van der Waals surface area contributed by atoms with Crippen LogP contribution in [0.4, 0.5) is 15.8 Å². The third-order valence-corrected chi connectivity index (χ3v) is 5.58. The molecule has 0 atom stereocenters. The lowest BCUT2D eigenvalue weighted by molar-refractivity contribution is -0.120. The van der Waals surface area contributed by atoms with Gasteiger partial charge in [-0.3, -0.25) is 9.59 Å². The van der Waals surface area contributed by atoms with E-state index in [1.807, 2.05) is 24.3 Å². The van der Waals surface area contributed by atoms with Crippen molar-refractivity contribution in [1.29, 1.82) is 0 Å². The highest BCUT2D eigenvalue weighted by Gasteiger charge is 2.41. The summed E-state index contributed by atoms with van der Waals surface area (Å²) in [7, 11) is 0. The van der Waals surface area contributed by atoms with Gasteiger partial charge in [-0.25, -0.2) is 9.29 Å². The lowest BCUT2D eigenvalue weighted by atomic mass is 9.87. The molecule has 2 amide bonds.